The number of primary sulfonamides is 1. The molecule has 0 heterocycles. The third-order valence-electron chi connectivity index (χ3n) is 3.97. The van der Waals surface area contributed by atoms with E-state index in [1.54, 1.807) is 20.8 Å². The van der Waals surface area contributed by atoms with Crippen LogP contribution >= 0.6 is 0 Å². The first-order valence-corrected chi connectivity index (χ1v) is 12.6. The lowest BCUT2D eigenvalue weighted by Crippen LogP contribution is -2.38. The molecule has 0 aliphatic rings. The lowest BCUT2D eigenvalue weighted by molar-refractivity contribution is -0.117. The summed E-state index contributed by atoms with van der Waals surface area (Å²) in [6, 6.07) is 10.3. The molecule has 0 bridgehead atoms. The van der Waals surface area contributed by atoms with Gasteiger partial charge in [0.15, 0.2) is 0 Å². The Hall–Kier alpha value is -3.16. The Balaban J connectivity index is 2.01. The van der Waals surface area contributed by atoms with Crippen molar-refractivity contribution >= 4 is 43.4 Å². The molecule has 0 unspecified atom stereocenters. The summed E-state index contributed by atoms with van der Waals surface area (Å²) in [5.41, 5.74) is -0.222. The molecule has 0 saturated heterocycles. The van der Waals surface area contributed by atoms with Crippen LogP contribution in [-0.2, 0) is 29.6 Å². The maximum atomic E-state index is 12.6. The molecular formula is C20H26N4O7S2. The van der Waals surface area contributed by atoms with Gasteiger partial charge >= 0.3 is 6.09 Å². The fraction of sp³-hybridized carbons (Fsp3) is 0.300. The molecule has 0 saturated carbocycles. The smallest absolute Gasteiger partial charge is 0.410 e. The average Bonchev–Trinajstić information content (AvgIpc) is 2.66. The van der Waals surface area contributed by atoms with Crippen LogP contribution in [0.25, 0.3) is 0 Å². The minimum absolute atomic E-state index is 0.0816. The average molecular weight is 499 g/mol. The molecule has 0 fully saturated rings. The Morgan fingerprint density at radius 1 is 0.909 bits per heavy atom. The summed E-state index contributed by atoms with van der Waals surface area (Å²) >= 11 is 0. The van der Waals surface area contributed by atoms with Crippen molar-refractivity contribution in [1.29, 1.82) is 0 Å². The van der Waals surface area contributed by atoms with Crippen LogP contribution < -0.4 is 15.2 Å². The predicted octanol–water partition coefficient (Wildman–Crippen LogP) is 1.94. The fourth-order valence-electron chi connectivity index (χ4n) is 2.46. The first kappa shape index (κ1) is 26.1. The van der Waals surface area contributed by atoms with Crippen LogP contribution in [0, 0.1) is 0 Å². The standard InChI is InChI=1S/C20H26N4O7S2/c1-20(2,3)31-19(26)24(4)13-18(25)22-14-5-11-17(12-6-14)33(29,30)23-15-7-9-16(10-8-15)32(21,27)28/h5-12,23H,13H2,1-4H3,(H,22,25)(H2,21,27,28). The van der Waals surface area contributed by atoms with Gasteiger partial charge in [0.05, 0.1) is 9.79 Å². The van der Waals surface area contributed by atoms with E-state index < -0.39 is 37.6 Å². The highest BCUT2D eigenvalue weighted by atomic mass is 32.2. The van der Waals surface area contributed by atoms with Gasteiger partial charge in [-0.05, 0) is 69.3 Å². The highest BCUT2D eigenvalue weighted by Gasteiger charge is 2.21. The Labute approximate surface area is 193 Å². The largest absolute Gasteiger partial charge is 0.444 e. The van der Waals surface area contributed by atoms with Crippen LogP contribution in [0.4, 0.5) is 16.2 Å². The number of anilines is 2. The van der Waals surface area contributed by atoms with Gasteiger partial charge in [0.1, 0.15) is 12.1 Å². The zero-order chi connectivity index (χ0) is 25.0. The van der Waals surface area contributed by atoms with E-state index in [1.807, 2.05) is 0 Å². The van der Waals surface area contributed by atoms with Crippen molar-refractivity contribution in [2.24, 2.45) is 5.14 Å². The van der Waals surface area contributed by atoms with Crippen molar-refractivity contribution in [2.75, 3.05) is 23.6 Å². The highest BCUT2D eigenvalue weighted by molar-refractivity contribution is 7.92. The molecule has 2 aromatic carbocycles. The number of nitrogens with two attached hydrogens (primary N) is 1. The molecule has 0 aliphatic carbocycles. The Bertz CT molecular complexity index is 1220. The highest BCUT2D eigenvalue weighted by Crippen LogP contribution is 2.20. The van der Waals surface area contributed by atoms with Gasteiger partial charge in [0, 0.05) is 18.4 Å². The normalized spacial score (nSPS) is 12.0. The summed E-state index contributed by atoms with van der Waals surface area (Å²) in [5, 5.41) is 7.58. The molecule has 2 aromatic rings. The summed E-state index contributed by atoms with van der Waals surface area (Å²) < 4.78 is 55.2. The topological polar surface area (TPSA) is 165 Å². The third-order valence-corrected chi connectivity index (χ3v) is 6.30. The summed E-state index contributed by atoms with van der Waals surface area (Å²) in [4.78, 5) is 25.0. The number of carbonyl (C=O) groups excluding carboxylic acids is 2. The van der Waals surface area contributed by atoms with Crippen molar-refractivity contribution in [2.45, 2.75) is 36.2 Å². The van der Waals surface area contributed by atoms with Crippen molar-refractivity contribution in [3.05, 3.63) is 48.5 Å². The third kappa shape index (κ3) is 8.04. The van der Waals surface area contributed by atoms with Gasteiger partial charge in [0.25, 0.3) is 10.0 Å². The Morgan fingerprint density at radius 3 is 1.88 bits per heavy atom. The molecule has 0 aromatic heterocycles. The molecule has 4 N–H and O–H groups in total. The molecular weight excluding hydrogens is 472 g/mol. The number of carbonyl (C=O) groups is 2. The molecule has 180 valence electrons. The van der Waals surface area contributed by atoms with E-state index in [4.69, 9.17) is 9.88 Å². The molecule has 0 aliphatic heterocycles. The first-order chi connectivity index (χ1) is 15.1. The number of benzene rings is 2. The molecule has 0 spiro atoms. The summed E-state index contributed by atoms with van der Waals surface area (Å²) in [5.74, 6) is -0.493. The molecule has 0 atom stereocenters. The molecule has 11 nitrogen and oxygen atoms in total. The van der Waals surface area contributed by atoms with E-state index in [2.05, 4.69) is 10.0 Å². The van der Waals surface area contributed by atoms with E-state index in [0.29, 0.717) is 5.69 Å². The van der Waals surface area contributed by atoms with Crippen LogP contribution in [0.15, 0.2) is 58.3 Å². The van der Waals surface area contributed by atoms with Crippen LogP contribution in [0.5, 0.6) is 0 Å². The Kier molecular flexibility index (Phi) is 7.72. The maximum Gasteiger partial charge on any atom is 0.410 e. The molecule has 33 heavy (non-hydrogen) atoms. The fourth-order valence-corrected chi connectivity index (χ4v) is 4.04. The minimum atomic E-state index is -3.97. The van der Waals surface area contributed by atoms with Gasteiger partial charge in [-0.2, -0.15) is 0 Å². The number of likely N-dealkylation sites (N-methyl/N-ethyl adjacent to an activating group) is 1. The zero-order valence-electron chi connectivity index (χ0n) is 18.5. The summed E-state index contributed by atoms with van der Waals surface area (Å²) in [6.07, 6.45) is -0.651. The van der Waals surface area contributed by atoms with Crippen LogP contribution in [0.2, 0.25) is 0 Å². The van der Waals surface area contributed by atoms with Crippen molar-refractivity contribution in [3.8, 4) is 0 Å². The lowest BCUT2D eigenvalue weighted by Gasteiger charge is -2.24. The second-order valence-corrected chi connectivity index (χ2v) is 11.3. The van der Waals surface area contributed by atoms with Gasteiger partial charge in [-0.1, -0.05) is 0 Å². The second kappa shape index (κ2) is 9.77. The maximum absolute atomic E-state index is 12.6. The van der Waals surface area contributed by atoms with Crippen molar-refractivity contribution in [3.63, 3.8) is 0 Å². The Morgan fingerprint density at radius 2 is 1.39 bits per heavy atom. The number of nitrogens with one attached hydrogen (secondary N) is 2. The van der Waals surface area contributed by atoms with Crippen molar-refractivity contribution < 1.29 is 31.2 Å². The minimum Gasteiger partial charge on any atom is -0.444 e. The van der Waals surface area contributed by atoms with E-state index >= 15 is 0 Å². The second-order valence-electron chi connectivity index (χ2n) is 8.08. The number of amides is 2. The van der Waals surface area contributed by atoms with Gasteiger partial charge in [-0.3, -0.25) is 9.52 Å². The molecule has 2 rings (SSSR count). The number of hydrogen-bond donors (Lipinski definition) is 3. The van der Waals surface area contributed by atoms with Crippen molar-refractivity contribution in [1.82, 2.24) is 4.90 Å². The number of rotatable bonds is 7. The summed E-state index contributed by atoms with van der Waals surface area (Å²) in [7, 11) is -6.44. The number of sulfonamides is 2. The number of hydrogen-bond acceptors (Lipinski definition) is 7. The van der Waals surface area contributed by atoms with E-state index in [-0.39, 0.29) is 22.0 Å². The van der Waals surface area contributed by atoms with Gasteiger partial charge in [-0.25, -0.2) is 26.8 Å². The van der Waals surface area contributed by atoms with Crippen LogP contribution in [0.1, 0.15) is 20.8 Å². The van der Waals surface area contributed by atoms with E-state index in [0.717, 1.165) is 4.90 Å². The summed E-state index contributed by atoms with van der Waals surface area (Å²) in [6.45, 7) is 4.87. The molecule has 0 radical (unpaired) electrons. The van der Waals surface area contributed by atoms with Gasteiger partial charge in [-0.15, -0.1) is 0 Å². The predicted molar refractivity (Wildman–Crippen MR) is 123 cm³/mol. The van der Waals surface area contributed by atoms with E-state index in [1.165, 1.54) is 55.6 Å². The molecule has 13 heteroatoms. The SMILES string of the molecule is CN(CC(=O)Nc1ccc(S(=O)(=O)Nc2ccc(S(N)(=O)=O)cc2)cc1)C(=O)OC(C)(C)C. The van der Waals surface area contributed by atoms with E-state index in [9.17, 15) is 26.4 Å². The molecule has 2 amide bonds. The quantitative estimate of drug-likeness (QED) is 0.525. The van der Waals surface area contributed by atoms with Crippen LogP contribution in [-0.4, -0.2) is 52.9 Å². The number of nitrogens with zero attached hydrogens (tertiary/aromatic N) is 1. The van der Waals surface area contributed by atoms with Gasteiger partial charge < -0.3 is 15.0 Å². The number of ether oxygens (including phenoxy) is 1. The van der Waals surface area contributed by atoms with Crippen LogP contribution in [0.3, 0.4) is 0 Å². The zero-order valence-corrected chi connectivity index (χ0v) is 20.2. The van der Waals surface area contributed by atoms with Gasteiger partial charge in [0.2, 0.25) is 15.9 Å². The first-order valence-electron chi connectivity index (χ1n) is 9.56. The monoisotopic (exact) mass is 498 g/mol. The lowest BCUT2D eigenvalue weighted by atomic mass is 10.2.